The molecule has 2 aromatic carbocycles. The summed E-state index contributed by atoms with van der Waals surface area (Å²) in [6.07, 6.45) is 0. The van der Waals surface area contributed by atoms with Crippen molar-refractivity contribution in [3.63, 3.8) is 0 Å². The molecule has 1 N–H and O–H groups in total. The zero-order valence-electron chi connectivity index (χ0n) is 21.0. The normalized spacial score (nSPS) is 15.2. The van der Waals surface area contributed by atoms with E-state index in [1.807, 2.05) is 36.4 Å². The Morgan fingerprint density at radius 1 is 0.806 bits per heavy atom. The molecule has 8 nitrogen and oxygen atoms in total. The highest BCUT2D eigenvalue weighted by Crippen LogP contribution is 2.43. The Bertz CT molecular complexity index is 1170. The highest BCUT2D eigenvalue weighted by Gasteiger charge is 2.40. The number of para-hydroxylation sites is 1. The summed E-state index contributed by atoms with van der Waals surface area (Å²) in [4.78, 5) is 38.0. The standard InChI is InChI=1S/C28H31NO7/c1-5-33-27(31)24-18(3)29-22(17-35-19(4)30)26(28(32)34-6-2)25(24)21-14-10-11-15-23(21)36-16-20-12-8-7-9-13-20/h7-15,25,29H,5-6,16-17H2,1-4H3. The van der Waals surface area contributed by atoms with Crippen LogP contribution in [0.3, 0.4) is 0 Å². The fourth-order valence-electron chi connectivity index (χ4n) is 4.01. The van der Waals surface area contributed by atoms with Gasteiger partial charge < -0.3 is 24.3 Å². The lowest BCUT2D eigenvalue weighted by Crippen LogP contribution is -2.35. The molecular weight excluding hydrogens is 462 g/mol. The summed E-state index contributed by atoms with van der Waals surface area (Å²) >= 11 is 0. The van der Waals surface area contributed by atoms with E-state index in [1.54, 1.807) is 39.0 Å². The molecule has 0 fully saturated rings. The number of benzene rings is 2. The first-order valence-electron chi connectivity index (χ1n) is 11.8. The number of esters is 3. The molecule has 0 aromatic heterocycles. The average molecular weight is 494 g/mol. The molecule has 0 bridgehead atoms. The molecule has 1 aliphatic heterocycles. The molecule has 1 aliphatic rings. The molecule has 2 aromatic rings. The Balaban J connectivity index is 2.16. The van der Waals surface area contributed by atoms with Crippen molar-refractivity contribution in [3.05, 3.63) is 88.3 Å². The SMILES string of the molecule is CCOC(=O)C1=C(C)NC(COC(C)=O)=C(C(=O)OCC)C1c1ccccc1OCc1ccccc1. The molecule has 0 radical (unpaired) electrons. The van der Waals surface area contributed by atoms with E-state index >= 15 is 0 Å². The highest BCUT2D eigenvalue weighted by atomic mass is 16.5. The lowest BCUT2D eigenvalue weighted by Gasteiger charge is -2.32. The molecule has 36 heavy (non-hydrogen) atoms. The van der Waals surface area contributed by atoms with Crippen LogP contribution < -0.4 is 10.1 Å². The van der Waals surface area contributed by atoms with Crippen LogP contribution in [0.1, 0.15) is 44.7 Å². The third-order valence-electron chi connectivity index (χ3n) is 5.52. The van der Waals surface area contributed by atoms with Crippen molar-refractivity contribution >= 4 is 17.9 Å². The van der Waals surface area contributed by atoms with Gasteiger partial charge in [0.2, 0.25) is 0 Å². The van der Waals surface area contributed by atoms with E-state index < -0.39 is 23.8 Å². The third-order valence-corrected chi connectivity index (χ3v) is 5.52. The fourth-order valence-corrected chi connectivity index (χ4v) is 4.01. The van der Waals surface area contributed by atoms with Crippen molar-refractivity contribution < 1.29 is 33.3 Å². The summed E-state index contributed by atoms with van der Waals surface area (Å²) in [6.45, 7) is 6.78. The van der Waals surface area contributed by atoms with Gasteiger partial charge >= 0.3 is 17.9 Å². The van der Waals surface area contributed by atoms with Crippen molar-refractivity contribution in [2.45, 2.75) is 40.2 Å². The van der Waals surface area contributed by atoms with Gasteiger partial charge in [-0.3, -0.25) is 4.79 Å². The van der Waals surface area contributed by atoms with Gasteiger partial charge in [0.25, 0.3) is 0 Å². The predicted molar refractivity (Wildman–Crippen MR) is 133 cm³/mol. The highest BCUT2D eigenvalue weighted by molar-refractivity contribution is 6.00. The molecule has 0 saturated carbocycles. The molecular formula is C28H31NO7. The van der Waals surface area contributed by atoms with Crippen molar-refractivity contribution in [1.29, 1.82) is 0 Å². The van der Waals surface area contributed by atoms with Gasteiger partial charge in [0.05, 0.1) is 36.0 Å². The van der Waals surface area contributed by atoms with Crippen molar-refractivity contribution in [3.8, 4) is 5.75 Å². The molecule has 190 valence electrons. The maximum Gasteiger partial charge on any atom is 0.336 e. The Hall–Kier alpha value is -4.07. The van der Waals surface area contributed by atoms with Crippen LogP contribution >= 0.6 is 0 Å². The number of allylic oxidation sites excluding steroid dienone is 1. The van der Waals surface area contributed by atoms with E-state index in [0.29, 0.717) is 29.3 Å². The zero-order chi connectivity index (χ0) is 26.1. The van der Waals surface area contributed by atoms with Crippen molar-refractivity contribution in [2.75, 3.05) is 19.8 Å². The summed E-state index contributed by atoms with van der Waals surface area (Å²) in [6, 6.07) is 16.9. The summed E-state index contributed by atoms with van der Waals surface area (Å²) in [7, 11) is 0. The molecule has 1 atom stereocenters. The Morgan fingerprint density at radius 3 is 2.06 bits per heavy atom. The van der Waals surface area contributed by atoms with Gasteiger partial charge in [0.1, 0.15) is 19.0 Å². The number of ether oxygens (including phenoxy) is 4. The second-order valence-corrected chi connectivity index (χ2v) is 8.02. The lowest BCUT2D eigenvalue weighted by atomic mass is 9.79. The largest absolute Gasteiger partial charge is 0.489 e. The average Bonchev–Trinajstić information content (AvgIpc) is 2.86. The second kappa shape index (κ2) is 12.6. The van der Waals surface area contributed by atoms with E-state index in [4.69, 9.17) is 18.9 Å². The van der Waals surface area contributed by atoms with Gasteiger partial charge in [-0.05, 0) is 32.4 Å². The lowest BCUT2D eigenvalue weighted by molar-refractivity contribution is -0.142. The molecule has 0 spiro atoms. The monoisotopic (exact) mass is 493 g/mol. The Kier molecular flexibility index (Phi) is 9.27. The van der Waals surface area contributed by atoms with Crippen LogP contribution in [0.15, 0.2) is 77.1 Å². The summed E-state index contributed by atoms with van der Waals surface area (Å²) in [5.41, 5.74) is 2.76. The second-order valence-electron chi connectivity index (χ2n) is 8.02. The minimum atomic E-state index is -0.873. The maximum atomic E-state index is 13.3. The fraction of sp³-hybridized carbons (Fsp3) is 0.321. The van der Waals surface area contributed by atoms with Gasteiger partial charge in [0.15, 0.2) is 0 Å². The number of rotatable bonds is 10. The maximum absolute atomic E-state index is 13.3. The van der Waals surface area contributed by atoms with E-state index in [-0.39, 0.29) is 31.0 Å². The number of hydrogen-bond donors (Lipinski definition) is 1. The van der Waals surface area contributed by atoms with Crippen LogP contribution in [0.4, 0.5) is 0 Å². The van der Waals surface area contributed by atoms with E-state index in [2.05, 4.69) is 5.32 Å². The molecule has 0 amide bonds. The van der Waals surface area contributed by atoms with Crippen LogP contribution in [0.5, 0.6) is 5.75 Å². The molecule has 1 unspecified atom stereocenters. The quantitative estimate of drug-likeness (QED) is 0.389. The van der Waals surface area contributed by atoms with E-state index in [1.165, 1.54) is 6.92 Å². The van der Waals surface area contributed by atoms with Gasteiger partial charge in [-0.15, -0.1) is 0 Å². The molecule has 8 heteroatoms. The minimum absolute atomic E-state index is 0.124. The van der Waals surface area contributed by atoms with Gasteiger partial charge in [-0.1, -0.05) is 48.5 Å². The smallest absolute Gasteiger partial charge is 0.336 e. The Labute approximate surface area is 210 Å². The van der Waals surface area contributed by atoms with Gasteiger partial charge in [0, 0.05) is 18.2 Å². The number of carbonyl (C=O) groups excluding carboxylic acids is 3. The zero-order valence-corrected chi connectivity index (χ0v) is 21.0. The molecule has 0 saturated heterocycles. The third kappa shape index (κ3) is 6.33. The summed E-state index contributed by atoms with van der Waals surface area (Å²) < 4.78 is 22.1. The molecule has 3 rings (SSSR count). The number of hydrogen-bond acceptors (Lipinski definition) is 8. The van der Waals surface area contributed by atoms with Gasteiger partial charge in [-0.25, -0.2) is 9.59 Å². The molecule has 1 heterocycles. The van der Waals surface area contributed by atoms with Crippen molar-refractivity contribution in [2.24, 2.45) is 0 Å². The van der Waals surface area contributed by atoms with E-state index in [9.17, 15) is 14.4 Å². The van der Waals surface area contributed by atoms with Crippen LogP contribution in [-0.4, -0.2) is 37.7 Å². The first-order valence-corrected chi connectivity index (χ1v) is 11.8. The summed E-state index contributed by atoms with van der Waals surface area (Å²) in [5, 5.41) is 3.07. The van der Waals surface area contributed by atoms with Gasteiger partial charge in [-0.2, -0.15) is 0 Å². The van der Waals surface area contributed by atoms with Crippen molar-refractivity contribution in [1.82, 2.24) is 5.32 Å². The minimum Gasteiger partial charge on any atom is -0.489 e. The van der Waals surface area contributed by atoms with Crippen LogP contribution in [0, 0.1) is 0 Å². The summed E-state index contributed by atoms with van der Waals surface area (Å²) in [5.74, 6) is -2.09. The number of dihydropyridines is 1. The number of nitrogens with one attached hydrogen (secondary N) is 1. The number of carbonyl (C=O) groups is 3. The van der Waals surface area contributed by atoms with Crippen LogP contribution in [0.25, 0.3) is 0 Å². The predicted octanol–water partition coefficient (Wildman–Crippen LogP) is 4.17. The molecule has 0 aliphatic carbocycles. The topological polar surface area (TPSA) is 100 Å². The first kappa shape index (κ1) is 26.5. The Morgan fingerprint density at radius 2 is 1.42 bits per heavy atom. The van der Waals surface area contributed by atoms with E-state index in [0.717, 1.165) is 5.56 Å². The van der Waals surface area contributed by atoms with Crippen LogP contribution in [-0.2, 0) is 35.2 Å². The van der Waals surface area contributed by atoms with Crippen LogP contribution in [0.2, 0.25) is 0 Å². The first-order chi connectivity index (χ1) is 17.4.